The van der Waals surface area contributed by atoms with Gasteiger partial charge in [-0.2, -0.15) is 0 Å². The second-order valence-electron chi connectivity index (χ2n) is 5.65. The fourth-order valence-corrected chi connectivity index (χ4v) is 3.04. The van der Waals surface area contributed by atoms with E-state index in [1.54, 1.807) is 36.4 Å². The molecule has 0 unspecified atom stereocenters. The zero-order valence-electron chi connectivity index (χ0n) is 14.1. The van der Waals surface area contributed by atoms with Gasteiger partial charge in [-0.1, -0.05) is 58.5 Å². The first kappa shape index (κ1) is 21.8. The summed E-state index contributed by atoms with van der Waals surface area (Å²) in [4.78, 5) is 23.5. The van der Waals surface area contributed by atoms with Gasteiger partial charge in [-0.25, -0.2) is 0 Å². The van der Waals surface area contributed by atoms with Crippen LogP contribution in [-0.4, -0.2) is 11.9 Å². The summed E-state index contributed by atoms with van der Waals surface area (Å²) in [7, 11) is 0. The number of hydrogen-bond acceptors (Lipinski definition) is 4. The third kappa shape index (κ3) is 7.59. The fourth-order valence-electron chi connectivity index (χ4n) is 2.12. The van der Waals surface area contributed by atoms with Gasteiger partial charge in [-0.15, -0.1) is 0 Å². The Labute approximate surface area is 177 Å². The van der Waals surface area contributed by atoms with E-state index in [0.29, 0.717) is 37.6 Å². The highest BCUT2D eigenvalue weighted by molar-refractivity contribution is 6.35. The van der Waals surface area contributed by atoms with Crippen LogP contribution in [0.3, 0.4) is 0 Å². The Morgan fingerprint density at radius 2 is 1.11 bits per heavy atom. The van der Waals surface area contributed by atoms with Gasteiger partial charge in [0.05, 0.1) is 0 Å². The van der Waals surface area contributed by atoms with Crippen LogP contribution in [0.4, 0.5) is 0 Å². The number of carbonyl (C=O) groups is 2. The first-order chi connectivity index (χ1) is 12.8. The summed E-state index contributed by atoms with van der Waals surface area (Å²) in [5, 5.41) is 1.88. The average molecular weight is 450 g/mol. The van der Waals surface area contributed by atoms with Gasteiger partial charge in [0.2, 0.25) is 0 Å². The van der Waals surface area contributed by atoms with Gasteiger partial charge in [0.15, 0.2) is 0 Å². The molecule has 0 aromatic heterocycles. The van der Waals surface area contributed by atoms with Crippen LogP contribution in [0.15, 0.2) is 36.4 Å². The summed E-state index contributed by atoms with van der Waals surface area (Å²) < 4.78 is 10.3. The van der Waals surface area contributed by atoms with Crippen LogP contribution in [-0.2, 0) is 32.3 Å². The Morgan fingerprint density at radius 3 is 1.48 bits per heavy atom. The van der Waals surface area contributed by atoms with E-state index in [0.717, 1.165) is 0 Å². The normalized spacial score (nSPS) is 10.5. The molecule has 27 heavy (non-hydrogen) atoms. The van der Waals surface area contributed by atoms with Gasteiger partial charge in [-0.05, 0) is 30.7 Å². The van der Waals surface area contributed by atoms with Crippen molar-refractivity contribution in [2.75, 3.05) is 0 Å². The number of ether oxygens (including phenoxy) is 2. The molecule has 0 heterocycles. The molecule has 8 heteroatoms. The minimum absolute atomic E-state index is 0.0499. The van der Waals surface area contributed by atoms with E-state index in [-0.39, 0.29) is 26.1 Å². The molecule has 0 saturated heterocycles. The Bertz CT molecular complexity index is 756. The van der Waals surface area contributed by atoms with Gasteiger partial charge in [0.1, 0.15) is 13.2 Å². The average Bonchev–Trinajstić information content (AvgIpc) is 2.60. The lowest BCUT2D eigenvalue weighted by Gasteiger charge is -2.08. The fraction of sp³-hybridized carbons (Fsp3) is 0.263. The van der Waals surface area contributed by atoms with E-state index in [1.165, 1.54) is 0 Å². The molecule has 2 aromatic rings. The molecule has 0 amide bonds. The minimum Gasteiger partial charge on any atom is -0.461 e. The molecule has 2 rings (SSSR count). The van der Waals surface area contributed by atoms with Crippen LogP contribution in [0.2, 0.25) is 20.1 Å². The van der Waals surface area contributed by atoms with E-state index >= 15 is 0 Å². The summed E-state index contributed by atoms with van der Waals surface area (Å²) in [6.07, 6.45) is 0.518. The van der Waals surface area contributed by atoms with Crippen molar-refractivity contribution in [3.8, 4) is 0 Å². The number of esters is 2. The molecule has 0 bridgehead atoms. The standard InChI is InChI=1S/C19H16Cl4O4/c20-14-6-4-12(16(22)8-14)10-26-18(24)2-1-3-19(25)27-11-13-5-7-15(21)9-17(13)23/h4-9H,1-3,10-11H2. The lowest BCUT2D eigenvalue weighted by atomic mass is 10.2. The van der Waals surface area contributed by atoms with Crippen molar-refractivity contribution in [3.63, 3.8) is 0 Å². The SMILES string of the molecule is O=C(CCCC(=O)OCc1ccc(Cl)cc1Cl)OCc1ccc(Cl)cc1Cl. The number of benzene rings is 2. The highest BCUT2D eigenvalue weighted by atomic mass is 35.5. The van der Waals surface area contributed by atoms with Crippen molar-refractivity contribution in [2.45, 2.75) is 32.5 Å². The molecule has 0 saturated carbocycles. The van der Waals surface area contributed by atoms with Gasteiger partial charge in [-0.3, -0.25) is 9.59 Å². The summed E-state index contributed by atoms with van der Waals surface area (Å²) in [5.74, 6) is -0.843. The van der Waals surface area contributed by atoms with Crippen LogP contribution < -0.4 is 0 Å². The molecule has 4 nitrogen and oxygen atoms in total. The second-order valence-corrected chi connectivity index (χ2v) is 7.33. The smallest absolute Gasteiger partial charge is 0.306 e. The van der Waals surface area contributed by atoms with Crippen LogP contribution >= 0.6 is 46.4 Å². The molecule has 0 atom stereocenters. The first-order valence-corrected chi connectivity index (χ1v) is 9.55. The van der Waals surface area contributed by atoms with Crippen molar-refractivity contribution >= 4 is 58.3 Å². The zero-order chi connectivity index (χ0) is 19.8. The third-order valence-electron chi connectivity index (χ3n) is 3.57. The molecule has 0 aliphatic rings. The van der Waals surface area contributed by atoms with Crippen LogP contribution in [0.5, 0.6) is 0 Å². The maximum absolute atomic E-state index is 11.8. The number of rotatable bonds is 8. The minimum atomic E-state index is -0.422. The maximum atomic E-state index is 11.8. The number of carbonyl (C=O) groups excluding carboxylic acids is 2. The largest absolute Gasteiger partial charge is 0.461 e. The van der Waals surface area contributed by atoms with Crippen LogP contribution in [0.1, 0.15) is 30.4 Å². The van der Waals surface area contributed by atoms with Crippen LogP contribution in [0, 0.1) is 0 Å². The Kier molecular flexibility index (Phi) is 8.71. The van der Waals surface area contributed by atoms with Gasteiger partial charge in [0.25, 0.3) is 0 Å². The molecule has 0 radical (unpaired) electrons. The molecule has 0 N–H and O–H groups in total. The quantitative estimate of drug-likeness (QED) is 0.446. The molecule has 0 aliphatic heterocycles. The summed E-state index contributed by atoms with van der Waals surface area (Å²) >= 11 is 23.6. The number of halogens is 4. The summed E-state index contributed by atoms with van der Waals surface area (Å²) in [6.45, 7) is 0.0999. The number of hydrogen-bond donors (Lipinski definition) is 0. The van der Waals surface area contributed by atoms with E-state index in [2.05, 4.69) is 0 Å². The summed E-state index contributed by atoms with van der Waals surface area (Å²) in [6, 6.07) is 9.87. The predicted molar refractivity (Wildman–Crippen MR) is 106 cm³/mol. The van der Waals surface area contributed by atoms with E-state index in [9.17, 15) is 9.59 Å². The molecule has 0 fully saturated rings. The van der Waals surface area contributed by atoms with Gasteiger partial charge >= 0.3 is 11.9 Å². The summed E-state index contributed by atoms with van der Waals surface area (Å²) in [5.41, 5.74) is 1.32. The molecule has 0 aliphatic carbocycles. The van der Waals surface area contributed by atoms with Crippen molar-refractivity contribution in [2.24, 2.45) is 0 Å². The zero-order valence-corrected chi connectivity index (χ0v) is 17.2. The molecule has 144 valence electrons. The third-order valence-corrected chi connectivity index (χ3v) is 4.74. The van der Waals surface area contributed by atoms with E-state index < -0.39 is 11.9 Å². The Morgan fingerprint density at radius 1 is 0.704 bits per heavy atom. The maximum Gasteiger partial charge on any atom is 0.306 e. The van der Waals surface area contributed by atoms with E-state index in [4.69, 9.17) is 55.9 Å². The highest BCUT2D eigenvalue weighted by Gasteiger charge is 2.10. The molecule has 2 aromatic carbocycles. The van der Waals surface area contributed by atoms with E-state index in [1.807, 2.05) is 0 Å². The van der Waals surface area contributed by atoms with Crippen molar-refractivity contribution in [3.05, 3.63) is 67.6 Å². The van der Waals surface area contributed by atoms with Crippen LogP contribution in [0.25, 0.3) is 0 Å². The monoisotopic (exact) mass is 448 g/mol. The lowest BCUT2D eigenvalue weighted by Crippen LogP contribution is -2.08. The Balaban J connectivity index is 1.66. The first-order valence-electron chi connectivity index (χ1n) is 8.04. The second kappa shape index (κ2) is 10.8. The van der Waals surface area contributed by atoms with Crippen molar-refractivity contribution in [1.29, 1.82) is 0 Å². The van der Waals surface area contributed by atoms with Crippen molar-refractivity contribution in [1.82, 2.24) is 0 Å². The molecule has 0 spiro atoms. The van der Waals surface area contributed by atoms with Crippen molar-refractivity contribution < 1.29 is 19.1 Å². The topological polar surface area (TPSA) is 52.6 Å². The van der Waals surface area contributed by atoms with Gasteiger partial charge < -0.3 is 9.47 Å². The molecular formula is C19H16Cl4O4. The van der Waals surface area contributed by atoms with Gasteiger partial charge in [0, 0.05) is 44.1 Å². The molecular weight excluding hydrogens is 434 g/mol. The highest BCUT2D eigenvalue weighted by Crippen LogP contribution is 2.23. The lowest BCUT2D eigenvalue weighted by molar-refractivity contribution is -0.146. The Hall–Kier alpha value is -1.46. The predicted octanol–water partition coefficient (Wildman–Crippen LogP) is 6.26.